The third kappa shape index (κ3) is 14.9. The Labute approximate surface area is 332 Å². The molecule has 312 valence electrons. The molecule has 1 aromatic carbocycles. The van der Waals surface area contributed by atoms with Crippen LogP contribution in [0.2, 0.25) is 0 Å². The van der Waals surface area contributed by atoms with Crippen LogP contribution in [-0.2, 0) is 40.0 Å². The van der Waals surface area contributed by atoms with Crippen molar-refractivity contribution in [1.29, 1.82) is 0 Å². The van der Waals surface area contributed by atoms with Crippen LogP contribution in [-0.4, -0.2) is 107 Å². The number of likely N-dealkylation sites (N-methyl/N-ethyl adjacent to an activating group) is 1. The Morgan fingerprint density at radius 1 is 0.804 bits per heavy atom. The number of carboxylic acids is 1. The van der Waals surface area contributed by atoms with Crippen LogP contribution in [0.4, 0.5) is 0 Å². The minimum absolute atomic E-state index is 0.190. The Balaban J connectivity index is 1.75. The molecule has 5 N–H and O–H groups in total. The molecule has 1 aliphatic carbocycles. The summed E-state index contributed by atoms with van der Waals surface area (Å²) in [6, 6.07) is 4.62. The van der Waals surface area contributed by atoms with Gasteiger partial charge in [-0.2, -0.15) is 0 Å². The van der Waals surface area contributed by atoms with Crippen molar-refractivity contribution in [3.63, 3.8) is 0 Å². The minimum atomic E-state index is -1.46. The number of rotatable bonds is 22. The molecule has 6 amide bonds. The summed E-state index contributed by atoms with van der Waals surface area (Å²) >= 11 is 0. The van der Waals surface area contributed by atoms with E-state index >= 15 is 0 Å². The average Bonchev–Trinajstić information content (AvgIpc) is 3.73. The average molecular weight is 783 g/mol. The maximum Gasteiger partial charge on any atom is 0.305 e. The van der Waals surface area contributed by atoms with E-state index in [0.717, 1.165) is 31.2 Å². The van der Waals surface area contributed by atoms with Crippen LogP contribution in [0.15, 0.2) is 30.3 Å². The number of hydrogen-bond donors (Lipinski definition) is 5. The van der Waals surface area contributed by atoms with Gasteiger partial charge in [-0.15, -0.1) is 0 Å². The highest BCUT2D eigenvalue weighted by molar-refractivity contribution is 5.98. The van der Waals surface area contributed by atoms with Crippen LogP contribution in [0, 0.1) is 17.8 Å². The van der Waals surface area contributed by atoms with Crippen LogP contribution in [0.1, 0.15) is 117 Å². The molecular weight excluding hydrogens is 716 g/mol. The second-order valence-corrected chi connectivity index (χ2v) is 16.0. The van der Waals surface area contributed by atoms with Gasteiger partial charge in [0.05, 0.1) is 12.8 Å². The summed E-state index contributed by atoms with van der Waals surface area (Å²) < 4.78 is 0. The number of hydrogen-bond acceptors (Lipinski definition) is 7. The zero-order valence-corrected chi connectivity index (χ0v) is 34.1. The fourth-order valence-electron chi connectivity index (χ4n) is 7.69. The Hall–Kier alpha value is -4.49. The highest BCUT2D eigenvalue weighted by Gasteiger charge is 2.37. The van der Waals surface area contributed by atoms with Crippen molar-refractivity contribution in [3.8, 4) is 0 Å². The van der Waals surface area contributed by atoms with E-state index in [-0.39, 0.29) is 24.2 Å². The van der Waals surface area contributed by atoms with E-state index in [2.05, 4.69) is 21.3 Å². The molecule has 3 rings (SSSR count). The number of nitrogens with zero attached hydrogens (tertiary/aromatic N) is 2. The molecule has 5 atom stereocenters. The molecule has 0 aromatic heterocycles. The first-order valence-corrected chi connectivity index (χ1v) is 20.7. The summed E-state index contributed by atoms with van der Waals surface area (Å²) in [6.45, 7) is 8.59. The normalized spacial score (nSPS) is 17.2. The van der Waals surface area contributed by atoms with Crippen LogP contribution in [0.3, 0.4) is 0 Å². The summed E-state index contributed by atoms with van der Waals surface area (Å²) in [7, 11) is 1.57. The Kier molecular flexibility index (Phi) is 19.3. The van der Waals surface area contributed by atoms with Gasteiger partial charge in [0, 0.05) is 33.1 Å². The van der Waals surface area contributed by atoms with Gasteiger partial charge in [0.15, 0.2) is 0 Å². The van der Waals surface area contributed by atoms with Crippen molar-refractivity contribution in [2.45, 2.75) is 142 Å². The molecule has 0 unspecified atom stereocenters. The van der Waals surface area contributed by atoms with E-state index in [1.165, 1.54) is 37.0 Å². The van der Waals surface area contributed by atoms with E-state index in [1.54, 1.807) is 18.9 Å². The number of carbonyl (C=O) groups is 7. The van der Waals surface area contributed by atoms with Crippen LogP contribution < -0.4 is 21.3 Å². The molecule has 1 aliphatic heterocycles. The summed E-state index contributed by atoms with van der Waals surface area (Å²) in [5, 5.41) is 20.4. The van der Waals surface area contributed by atoms with Gasteiger partial charge in [-0.05, 0) is 55.4 Å². The topological polar surface area (TPSA) is 194 Å². The second-order valence-electron chi connectivity index (χ2n) is 16.0. The zero-order chi connectivity index (χ0) is 41.2. The van der Waals surface area contributed by atoms with E-state index in [0.29, 0.717) is 38.4 Å². The van der Waals surface area contributed by atoms with Crippen molar-refractivity contribution < 1.29 is 38.7 Å². The smallest absolute Gasteiger partial charge is 0.305 e. The van der Waals surface area contributed by atoms with E-state index in [1.807, 2.05) is 51.1 Å². The molecule has 2 fully saturated rings. The fraction of sp³-hybridized carbons (Fsp3) is 0.690. The molecule has 1 saturated heterocycles. The lowest BCUT2D eigenvalue weighted by Crippen LogP contribution is -2.61. The molecular formula is C42H66N6O8. The maximum absolute atomic E-state index is 14.1. The number of carbonyl (C=O) groups excluding carboxylic acids is 6. The van der Waals surface area contributed by atoms with Crippen molar-refractivity contribution in [2.75, 3.05) is 26.7 Å². The predicted octanol–water partition coefficient (Wildman–Crippen LogP) is 3.57. The van der Waals surface area contributed by atoms with Gasteiger partial charge in [-0.1, -0.05) is 96.6 Å². The summed E-state index contributed by atoms with van der Waals surface area (Å²) in [6.07, 6.45) is 9.34. The molecule has 56 heavy (non-hydrogen) atoms. The third-order valence-corrected chi connectivity index (χ3v) is 11.3. The second kappa shape index (κ2) is 23.5. The molecule has 14 nitrogen and oxygen atoms in total. The highest BCUT2D eigenvalue weighted by Crippen LogP contribution is 2.27. The lowest BCUT2D eigenvalue weighted by Gasteiger charge is -2.33. The summed E-state index contributed by atoms with van der Waals surface area (Å²) in [5.74, 6) is -4.80. The third-order valence-electron chi connectivity index (χ3n) is 11.3. The first-order valence-electron chi connectivity index (χ1n) is 20.7. The SMILES string of the molecule is CC[C@H](C)[C@H](NC(=O)[C@H](C(C)C)N(C)C(=O)CCc1ccccc1)C(=O)N[C@@H](CC(=O)N1CCCC1)C(=O)N[C@@H](CC(=O)O)C(=O)NCCCC1CCCCC1. The summed E-state index contributed by atoms with van der Waals surface area (Å²) in [4.78, 5) is 96.5. The minimum Gasteiger partial charge on any atom is -0.481 e. The van der Waals surface area contributed by atoms with Crippen LogP contribution in [0.25, 0.3) is 0 Å². The van der Waals surface area contributed by atoms with Gasteiger partial charge in [0.25, 0.3) is 0 Å². The molecule has 0 bridgehead atoms. The maximum atomic E-state index is 14.1. The first kappa shape index (κ1) is 45.9. The van der Waals surface area contributed by atoms with Gasteiger partial charge in [0.1, 0.15) is 24.2 Å². The largest absolute Gasteiger partial charge is 0.481 e. The van der Waals surface area contributed by atoms with Gasteiger partial charge < -0.3 is 36.2 Å². The lowest BCUT2D eigenvalue weighted by molar-refractivity contribution is -0.143. The number of benzene rings is 1. The number of carboxylic acid groups (broad SMARTS) is 1. The monoisotopic (exact) mass is 782 g/mol. The molecule has 1 aromatic rings. The number of nitrogens with one attached hydrogen (secondary N) is 4. The van der Waals surface area contributed by atoms with Gasteiger partial charge in [-0.3, -0.25) is 33.6 Å². The van der Waals surface area contributed by atoms with Crippen molar-refractivity contribution in [1.82, 2.24) is 31.1 Å². The van der Waals surface area contributed by atoms with Crippen molar-refractivity contribution >= 4 is 41.4 Å². The molecule has 14 heteroatoms. The van der Waals surface area contributed by atoms with Crippen LogP contribution in [0.5, 0.6) is 0 Å². The quantitative estimate of drug-likeness (QED) is 0.110. The van der Waals surface area contributed by atoms with E-state index < -0.39 is 72.5 Å². The Bertz CT molecular complexity index is 1460. The van der Waals surface area contributed by atoms with Crippen molar-refractivity contribution in [3.05, 3.63) is 35.9 Å². The Morgan fingerprint density at radius 3 is 2.04 bits per heavy atom. The van der Waals surface area contributed by atoms with Gasteiger partial charge in [0.2, 0.25) is 35.4 Å². The first-order chi connectivity index (χ1) is 26.7. The van der Waals surface area contributed by atoms with Crippen molar-refractivity contribution in [2.24, 2.45) is 17.8 Å². The van der Waals surface area contributed by atoms with E-state index in [9.17, 15) is 38.7 Å². The predicted molar refractivity (Wildman–Crippen MR) is 213 cm³/mol. The van der Waals surface area contributed by atoms with Gasteiger partial charge >= 0.3 is 5.97 Å². The number of aryl methyl sites for hydroxylation is 1. The number of likely N-dealkylation sites (tertiary alicyclic amines) is 1. The molecule has 1 heterocycles. The Morgan fingerprint density at radius 2 is 1.43 bits per heavy atom. The molecule has 0 radical (unpaired) electrons. The number of aliphatic carboxylic acids is 1. The molecule has 1 saturated carbocycles. The summed E-state index contributed by atoms with van der Waals surface area (Å²) in [5.41, 5.74) is 0.995. The number of amides is 6. The van der Waals surface area contributed by atoms with E-state index in [4.69, 9.17) is 0 Å². The lowest BCUT2D eigenvalue weighted by atomic mass is 9.86. The zero-order valence-electron chi connectivity index (χ0n) is 34.1. The molecule has 0 spiro atoms. The molecule has 2 aliphatic rings. The van der Waals surface area contributed by atoms with Crippen LogP contribution >= 0.6 is 0 Å². The standard InChI is InChI=1S/C42H66N6O8/c1-6-29(4)37(46-42(56)38(28(2)3)47(5)34(49)22-21-31-18-11-8-12-19-31)41(55)45-32(26-35(50)48-24-13-14-25-48)40(54)44-33(27-36(51)52)39(53)43-23-15-20-30-16-9-7-10-17-30/h8,11-12,18-19,28-30,32-33,37-38H,6-7,9-10,13-17,20-27H2,1-5H3,(H,43,53)(H,44,54)(H,45,55)(H,46,56)(H,51,52)/t29-,32-,33-,37-,38-/m0/s1. The fourth-order valence-corrected chi connectivity index (χ4v) is 7.69. The highest BCUT2D eigenvalue weighted by atomic mass is 16.4. The van der Waals surface area contributed by atoms with Gasteiger partial charge in [-0.25, -0.2) is 0 Å².